The van der Waals surface area contributed by atoms with Crippen molar-refractivity contribution in [2.75, 3.05) is 25.1 Å². The van der Waals surface area contributed by atoms with Crippen LogP contribution in [0, 0.1) is 12.3 Å². The highest BCUT2D eigenvalue weighted by Gasteiger charge is 2.73. The molecule has 3 aliphatic carbocycles. The van der Waals surface area contributed by atoms with Gasteiger partial charge in [-0.05, 0) is 54.1 Å². The van der Waals surface area contributed by atoms with Gasteiger partial charge >= 0.3 is 5.97 Å². The van der Waals surface area contributed by atoms with Crippen LogP contribution >= 0.6 is 15.9 Å². The van der Waals surface area contributed by atoms with Gasteiger partial charge < -0.3 is 15.0 Å². The first-order chi connectivity index (χ1) is 13.6. The minimum Gasteiger partial charge on any atom is -0.469 e. The van der Waals surface area contributed by atoms with Crippen LogP contribution in [-0.4, -0.2) is 48.5 Å². The number of esters is 1. The predicted molar refractivity (Wildman–Crippen MR) is 106 cm³/mol. The highest BCUT2D eigenvalue weighted by atomic mass is 79.9. The molecule has 2 bridgehead atoms. The second-order valence-corrected chi connectivity index (χ2v) is 9.52. The first kappa shape index (κ1) is 20.5. The van der Waals surface area contributed by atoms with Crippen molar-refractivity contribution in [3.8, 4) is 0 Å². The van der Waals surface area contributed by atoms with Crippen molar-refractivity contribution >= 4 is 33.6 Å². The predicted octanol–water partition coefficient (Wildman–Crippen LogP) is 3.60. The molecule has 158 valence electrons. The molecule has 1 aromatic heterocycles. The summed E-state index contributed by atoms with van der Waals surface area (Å²) in [6.07, 6.45) is 3.27. The number of carbonyl (C=O) groups excluding carboxylic acids is 2. The summed E-state index contributed by atoms with van der Waals surface area (Å²) in [5, 5.41) is 3.08. The first-order valence-corrected chi connectivity index (χ1v) is 10.6. The molecule has 1 N–H and O–H groups in total. The van der Waals surface area contributed by atoms with Gasteiger partial charge in [0.1, 0.15) is 5.82 Å². The Bertz CT molecular complexity index is 857. The maximum absolute atomic E-state index is 13.8. The van der Waals surface area contributed by atoms with Crippen LogP contribution in [0.3, 0.4) is 0 Å². The summed E-state index contributed by atoms with van der Waals surface area (Å²) in [5.41, 5.74) is 0.286. The largest absolute Gasteiger partial charge is 0.469 e. The molecule has 0 spiro atoms. The van der Waals surface area contributed by atoms with E-state index in [4.69, 9.17) is 4.74 Å². The number of hydrogen-bond acceptors (Lipinski definition) is 5. The Labute approximate surface area is 176 Å². The van der Waals surface area contributed by atoms with Gasteiger partial charge in [0.2, 0.25) is 5.92 Å². The molecule has 9 heteroatoms. The highest BCUT2D eigenvalue weighted by molar-refractivity contribution is 9.10. The second-order valence-electron chi connectivity index (χ2n) is 8.66. The molecule has 0 atom stereocenters. The minimum atomic E-state index is -2.68. The van der Waals surface area contributed by atoms with Gasteiger partial charge in [0, 0.05) is 42.1 Å². The van der Waals surface area contributed by atoms with E-state index in [-0.39, 0.29) is 36.8 Å². The van der Waals surface area contributed by atoms with Crippen LogP contribution in [0.1, 0.15) is 54.4 Å². The van der Waals surface area contributed by atoms with Crippen molar-refractivity contribution in [2.24, 2.45) is 5.41 Å². The Kier molecular flexibility index (Phi) is 4.87. The van der Waals surface area contributed by atoms with Crippen molar-refractivity contribution in [1.82, 2.24) is 10.3 Å². The highest BCUT2D eigenvalue weighted by Crippen LogP contribution is 2.67. The third-order valence-corrected chi connectivity index (χ3v) is 7.33. The molecule has 29 heavy (non-hydrogen) atoms. The first-order valence-electron chi connectivity index (χ1n) is 9.79. The van der Waals surface area contributed by atoms with E-state index in [1.807, 2.05) is 6.92 Å². The zero-order valence-corrected chi connectivity index (χ0v) is 18.1. The fourth-order valence-electron chi connectivity index (χ4n) is 5.01. The van der Waals surface area contributed by atoms with Crippen LogP contribution in [0.5, 0.6) is 0 Å². The zero-order valence-electron chi connectivity index (χ0n) is 16.5. The molecule has 3 saturated carbocycles. The summed E-state index contributed by atoms with van der Waals surface area (Å²) in [7, 11) is 1.38. The van der Waals surface area contributed by atoms with E-state index in [0.717, 1.165) is 5.56 Å². The number of nitrogens with one attached hydrogen (secondary N) is 1. The number of halogens is 3. The lowest BCUT2D eigenvalue weighted by atomic mass is 9.39. The average molecular weight is 472 g/mol. The van der Waals surface area contributed by atoms with Crippen LogP contribution in [0.25, 0.3) is 0 Å². The van der Waals surface area contributed by atoms with Gasteiger partial charge in [0.15, 0.2) is 0 Å². The number of nitrogens with zero attached hydrogens (tertiary/aromatic N) is 2. The fraction of sp³-hybridized carbons (Fsp3) is 0.650. The van der Waals surface area contributed by atoms with E-state index in [0.29, 0.717) is 48.1 Å². The quantitative estimate of drug-likeness (QED) is 0.679. The van der Waals surface area contributed by atoms with E-state index in [1.54, 1.807) is 11.1 Å². The number of methoxy groups -OCH3 is 1. The molecule has 5 rings (SSSR count). The number of pyridine rings is 1. The number of hydrogen-bond donors (Lipinski definition) is 1. The molecule has 1 amide bonds. The van der Waals surface area contributed by atoms with Crippen molar-refractivity contribution in [1.29, 1.82) is 0 Å². The van der Waals surface area contributed by atoms with Gasteiger partial charge in [-0.15, -0.1) is 0 Å². The summed E-state index contributed by atoms with van der Waals surface area (Å²) in [6, 6.07) is 0. The molecule has 1 aromatic rings. The maximum atomic E-state index is 13.8. The number of alkyl halides is 2. The number of aromatic nitrogens is 1. The lowest BCUT2D eigenvalue weighted by Gasteiger charge is -2.68. The number of carbonyl (C=O) groups is 2. The van der Waals surface area contributed by atoms with E-state index in [2.05, 4.69) is 26.2 Å². The van der Waals surface area contributed by atoms with Gasteiger partial charge in [-0.3, -0.25) is 9.59 Å². The number of rotatable bonds is 4. The number of anilines is 1. The molecule has 0 radical (unpaired) electrons. The van der Waals surface area contributed by atoms with Gasteiger partial charge in [-0.2, -0.15) is 0 Å². The Morgan fingerprint density at radius 1 is 1.24 bits per heavy atom. The van der Waals surface area contributed by atoms with Crippen molar-refractivity contribution < 1.29 is 23.1 Å². The molecule has 6 nitrogen and oxygen atoms in total. The third kappa shape index (κ3) is 3.41. The van der Waals surface area contributed by atoms with E-state index in [1.165, 1.54) is 7.11 Å². The van der Waals surface area contributed by atoms with E-state index in [9.17, 15) is 18.4 Å². The molecule has 1 saturated heterocycles. The zero-order chi connectivity index (χ0) is 21.0. The van der Waals surface area contributed by atoms with Gasteiger partial charge in [0.05, 0.1) is 18.1 Å². The van der Waals surface area contributed by atoms with Crippen LogP contribution in [0.4, 0.5) is 14.6 Å². The molecule has 0 aromatic carbocycles. The SMILES string of the molecule is COC(=O)C12CC(NC(=O)c3c(N4CCCC(F)(F)CC4)ncc(Br)c3C)(C1)C2. The lowest BCUT2D eigenvalue weighted by Crippen LogP contribution is -2.77. The van der Waals surface area contributed by atoms with E-state index >= 15 is 0 Å². The number of amides is 1. The van der Waals surface area contributed by atoms with Crippen molar-refractivity contribution in [2.45, 2.75) is 56.9 Å². The average Bonchev–Trinajstić information content (AvgIpc) is 2.78. The smallest absolute Gasteiger partial charge is 0.312 e. The molecule has 1 aliphatic heterocycles. The van der Waals surface area contributed by atoms with Crippen LogP contribution in [0.15, 0.2) is 10.7 Å². The van der Waals surface area contributed by atoms with E-state index < -0.39 is 11.3 Å². The normalized spacial score (nSPS) is 29.9. The molecule has 4 fully saturated rings. The Balaban J connectivity index is 1.55. The lowest BCUT2D eigenvalue weighted by molar-refractivity contribution is -0.199. The summed E-state index contributed by atoms with van der Waals surface area (Å²) >= 11 is 3.42. The summed E-state index contributed by atoms with van der Waals surface area (Å²) in [6.45, 7) is 2.40. The number of ether oxygens (including phenoxy) is 1. The van der Waals surface area contributed by atoms with Gasteiger partial charge in [-0.1, -0.05) is 0 Å². The molecular formula is C20H24BrF2N3O3. The van der Waals surface area contributed by atoms with Crippen LogP contribution in [-0.2, 0) is 9.53 Å². The Morgan fingerprint density at radius 3 is 2.59 bits per heavy atom. The topological polar surface area (TPSA) is 71.5 Å². The van der Waals surface area contributed by atoms with Crippen molar-refractivity contribution in [3.05, 3.63) is 21.8 Å². The minimum absolute atomic E-state index is 0.151. The third-order valence-electron chi connectivity index (χ3n) is 6.53. The van der Waals surface area contributed by atoms with Crippen molar-refractivity contribution in [3.63, 3.8) is 0 Å². The van der Waals surface area contributed by atoms with Gasteiger partial charge in [0.25, 0.3) is 5.91 Å². The fourth-order valence-corrected chi connectivity index (χ4v) is 5.31. The molecule has 4 aliphatic rings. The molecular weight excluding hydrogens is 448 g/mol. The summed E-state index contributed by atoms with van der Waals surface area (Å²) in [5.74, 6) is -2.74. The molecule has 0 unspecified atom stereocenters. The standard InChI is InChI=1S/C20H24BrF2N3O3/c1-12-13(21)8-24-15(26-6-3-4-20(22,23)5-7-26)14(12)16(27)25-19-9-18(10-19,11-19)17(28)29-2/h8H,3-7,9-11H2,1-2H3,(H,25,27). The second kappa shape index (κ2) is 6.89. The molecule has 2 heterocycles. The monoisotopic (exact) mass is 471 g/mol. The van der Waals surface area contributed by atoms with Crippen LogP contribution in [0.2, 0.25) is 0 Å². The summed E-state index contributed by atoms with van der Waals surface area (Å²) < 4.78 is 33.1. The Morgan fingerprint density at radius 2 is 1.93 bits per heavy atom. The maximum Gasteiger partial charge on any atom is 0.312 e. The van der Waals surface area contributed by atoms with Gasteiger partial charge in [-0.25, -0.2) is 13.8 Å². The summed E-state index contributed by atoms with van der Waals surface area (Å²) in [4.78, 5) is 31.3. The Hall–Kier alpha value is -1.77. The van der Waals surface area contributed by atoms with Crippen LogP contribution < -0.4 is 10.2 Å².